The Morgan fingerprint density at radius 3 is 3.05 bits per heavy atom. The summed E-state index contributed by atoms with van der Waals surface area (Å²) >= 11 is 0. The van der Waals surface area contributed by atoms with Gasteiger partial charge < -0.3 is 15.8 Å². The number of benzene rings is 1. The fourth-order valence-corrected chi connectivity index (χ4v) is 2.70. The van der Waals surface area contributed by atoms with Crippen molar-refractivity contribution in [3.05, 3.63) is 29.6 Å². The SMILES string of the molecule is CCC1CCCN(c2cccc(F)c2C(N)=NO)C1. The molecule has 19 heavy (non-hydrogen) atoms. The third-order valence-electron chi connectivity index (χ3n) is 3.79. The van der Waals surface area contributed by atoms with E-state index in [0.717, 1.165) is 25.9 Å². The monoisotopic (exact) mass is 265 g/mol. The number of anilines is 1. The van der Waals surface area contributed by atoms with Crippen molar-refractivity contribution >= 4 is 11.5 Å². The minimum atomic E-state index is -0.452. The first kappa shape index (κ1) is 13.6. The van der Waals surface area contributed by atoms with Crippen LogP contribution in [0.4, 0.5) is 10.1 Å². The van der Waals surface area contributed by atoms with Gasteiger partial charge in [0, 0.05) is 13.1 Å². The highest BCUT2D eigenvalue weighted by Gasteiger charge is 2.23. The van der Waals surface area contributed by atoms with Crippen molar-refractivity contribution in [3.8, 4) is 0 Å². The minimum absolute atomic E-state index is 0.174. The number of halogens is 1. The Kier molecular flexibility index (Phi) is 4.24. The van der Waals surface area contributed by atoms with Crippen molar-refractivity contribution < 1.29 is 9.60 Å². The van der Waals surface area contributed by atoms with Crippen LogP contribution in [0.15, 0.2) is 23.4 Å². The fourth-order valence-electron chi connectivity index (χ4n) is 2.70. The summed E-state index contributed by atoms with van der Waals surface area (Å²) in [6, 6.07) is 4.82. The lowest BCUT2D eigenvalue weighted by molar-refractivity contribution is 0.318. The number of amidine groups is 1. The molecule has 3 N–H and O–H groups in total. The third kappa shape index (κ3) is 2.80. The topological polar surface area (TPSA) is 61.8 Å². The molecule has 0 saturated carbocycles. The molecule has 0 spiro atoms. The molecule has 2 rings (SSSR count). The van der Waals surface area contributed by atoms with Gasteiger partial charge in [-0.25, -0.2) is 4.39 Å². The molecule has 1 atom stereocenters. The van der Waals surface area contributed by atoms with Crippen LogP contribution < -0.4 is 10.6 Å². The predicted molar refractivity (Wildman–Crippen MR) is 74.1 cm³/mol. The van der Waals surface area contributed by atoms with E-state index in [-0.39, 0.29) is 11.4 Å². The molecule has 1 heterocycles. The van der Waals surface area contributed by atoms with Crippen LogP contribution in [0.3, 0.4) is 0 Å². The van der Waals surface area contributed by atoms with Gasteiger partial charge in [-0.3, -0.25) is 0 Å². The average molecular weight is 265 g/mol. The molecule has 1 fully saturated rings. The number of nitrogens with zero attached hydrogens (tertiary/aromatic N) is 2. The van der Waals surface area contributed by atoms with E-state index in [2.05, 4.69) is 17.0 Å². The van der Waals surface area contributed by atoms with Crippen LogP contribution in [0.5, 0.6) is 0 Å². The summed E-state index contributed by atoms with van der Waals surface area (Å²) in [5, 5.41) is 11.8. The first-order valence-electron chi connectivity index (χ1n) is 6.68. The van der Waals surface area contributed by atoms with Crippen molar-refractivity contribution in [2.45, 2.75) is 26.2 Å². The van der Waals surface area contributed by atoms with E-state index in [1.54, 1.807) is 6.07 Å². The summed E-state index contributed by atoms with van der Waals surface area (Å²) in [4.78, 5) is 2.13. The molecule has 1 aromatic carbocycles. The summed E-state index contributed by atoms with van der Waals surface area (Å²) in [6.45, 7) is 3.95. The molecule has 4 nitrogen and oxygen atoms in total. The van der Waals surface area contributed by atoms with E-state index >= 15 is 0 Å². The Morgan fingerprint density at radius 1 is 1.58 bits per heavy atom. The summed E-state index contributed by atoms with van der Waals surface area (Å²) < 4.78 is 13.9. The Hall–Kier alpha value is -1.78. The van der Waals surface area contributed by atoms with Gasteiger partial charge in [-0.05, 0) is 30.9 Å². The normalized spacial score (nSPS) is 20.6. The van der Waals surface area contributed by atoms with E-state index in [4.69, 9.17) is 10.9 Å². The Balaban J connectivity index is 2.36. The molecule has 104 valence electrons. The summed E-state index contributed by atoms with van der Waals surface area (Å²) in [5.41, 5.74) is 6.52. The number of hydrogen-bond acceptors (Lipinski definition) is 3. The largest absolute Gasteiger partial charge is 0.409 e. The Labute approximate surface area is 112 Å². The highest BCUT2D eigenvalue weighted by Crippen LogP contribution is 2.28. The van der Waals surface area contributed by atoms with Gasteiger partial charge in [0.2, 0.25) is 0 Å². The zero-order chi connectivity index (χ0) is 13.8. The van der Waals surface area contributed by atoms with E-state index < -0.39 is 5.82 Å². The molecule has 1 unspecified atom stereocenters. The molecule has 5 heteroatoms. The second-order valence-electron chi connectivity index (χ2n) is 4.98. The van der Waals surface area contributed by atoms with Crippen LogP contribution in [0, 0.1) is 11.7 Å². The smallest absolute Gasteiger partial charge is 0.175 e. The zero-order valence-corrected chi connectivity index (χ0v) is 11.1. The molecule has 1 aliphatic rings. The maximum atomic E-state index is 13.9. The highest BCUT2D eigenvalue weighted by atomic mass is 19.1. The van der Waals surface area contributed by atoms with Gasteiger partial charge in [-0.15, -0.1) is 0 Å². The average Bonchev–Trinajstić information content (AvgIpc) is 2.46. The summed E-state index contributed by atoms with van der Waals surface area (Å²) in [5.74, 6) is -0.00435. The van der Waals surface area contributed by atoms with Crippen LogP contribution in [-0.2, 0) is 0 Å². The van der Waals surface area contributed by atoms with E-state index in [1.807, 2.05) is 6.07 Å². The van der Waals surface area contributed by atoms with Gasteiger partial charge >= 0.3 is 0 Å². The number of nitrogens with two attached hydrogens (primary N) is 1. The minimum Gasteiger partial charge on any atom is -0.409 e. The molecule has 1 saturated heterocycles. The molecular formula is C14H20FN3O. The number of hydrogen-bond donors (Lipinski definition) is 2. The van der Waals surface area contributed by atoms with E-state index in [9.17, 15) is 4.39 Å². The lowest BCUT2D eigenvalue weighted by atomic mass is 9.94. The van der Waals surface area contributed by atoms with Gasteiger partial charge in [0.05, 0.1) is 11.3 Å². The van der Waals surface area contributed by atoms with Gasteiger partial charge in [0.1, 0.15) is 5.82 Å². The standard InChI is InChI=1S/C14H20FN3O/c1-2-10-5-4-8-18(9-10)12-7-3-6-11(15)13(12)14(16)17-19/h3,6-7,10,19H,2,4-5,8-9H2,1H3,(H2,16,17). The number of rotatable bonds is 3. The van der Waals surface area contributed by atoms with Crippen molar-refractivity contribution in [3.63, 3.8) is 0 Å². The van der Waals surface area contributed by atoms with Crippen LogP contribution in [0.1, 0.15) is 31.7 Å². The van der Waals surface area contributed by atoms with Gasteiger partial charge in [0.15, 0.2) is 5.84 Å². The van der Waals surface area contributed by atoms with Crippen LogP contribution in [0.2, 0.25) is 0 Å². The molecule has 0 radical (unpaired) electrons. The maximum absolute atomic E-state index is 13.9. The van der Waals surface area contributed by atoms with E-state index in [0.29, 0.717) is 11.6 Å². The lowest BCUT2D eigenvalue weighted by Crippen LogP contribution is -2.36. The molecule has 1 aromatic rings. The van der Waals surface area contributed by atoms with Gasteiger partial charge in [-0.1, -0.05) is 24.6 Å². The molecule has 0 aromatic heterocycles. The molecular weight excluding hydrogens is 245 g/mol. The van der Waals surface area contributed by atoms with Gasteiger partial charge in [0.25, 0.3) is 0 Å². The van der Waals surface area contributed by atoms with Crippen molar-refractivity contribution in [2.75, 3.05) is 18.0 Å². The fraction of sp³-hybridized carbons (Fsp3) is 0.500. The number of oxime groups is 1. The second kappa shape index (κ2) is 5.91. The van der Waals surface area contributed by atoms with Crippen molar-refractivity contribution in [2.24, 2.45) is 16.8 Å². The predicted octanol–water partition coefficient (Wildman–Crippen LogP) is 2.55. The van der Waals surface area contributed by atoms with Crippen molar-refractivity contribution in [1.29, 1.82) is 0 Å². The van der Waals surface area contributed by atoms with Crippen LogP contribution in [0.25, 0.3) is 0 Å². The van der Waals surface area contributed by atoms with Crippen molar-refractivity contribution in [1.82, 2.24) is 0 Å². The lowest BCUT2D eigenvalue weighted by Gasteiger charge is -2.35. The first-order chi connectivity index (χ1) is 9.17. The second-order valence-corrected chi connectivity index (χ2v) is 4.98. The van der Waals surface area contributed by atoms with E-state index in [1.165, 1.54) is 12.5 Å². The van der Waals surface area contributed by atoms with Gasteiger partial charge in [-0.2, -0.15) is 0 Å². The molecule has 1 aliphatic heterocycles. The number of piperidine rings is 1. The quantitative estimate of drug-likeness (QED) is 0.382. The molecule has 0 aliphatic carbocycles. The summed E-state index contributed by atoms with van der Waals surface area (Å²) in [7, 11) is 0. The van der Waals surface area contributed by atoms with Crippen LogP contribution >= 0.6 is 0 Å². The Morgan fingerprint density at radius 2 is 2.37 bits per heavy atom. The maximum Gasteiger partial charge on any atom is 0.175 e. The molecule has 0 amide bonds. The third-order valence-corrected chi connectivity index (χ3v) is 3.79. The first-order valence-corrected chi connectivity index (χ1v) is 6.68. The molecule has 0 bridgehead atoms. The Bertz CT molecular complexity index is 476. The van der Waals surface area contributed by atoms with Crippen LogP contribution in [-0.4, -0.2) is 24.1 Å². The summed E-state index contributed by atoms with van der Waals surface area (Å²) in [6.07, 6.45) is 3.41. The zero-order valence-electron chi connectivity index (χ0n) is 11.1. The highest BCUT2D eigenvalue weighted by molar-refractivity contribution is 6.02.